The van der Waals surface area contributed by atoms with Crippen molar-refractivity contribution in [3.63, 3.8) is 0 Å². The van der Waals surface area contributed by atoms with Crippen LogP contribution in [0.3, 0.4) is 0 Å². The van der Waals surface area contributed by atoms with E-state index in [2.05, 4.69) is 16.3 Å². The molecule has 1 heterocycles. The van der Waals surface area contributed by atoms with Gasteiger partial charge in [0, 0.05) is 33.1 Å². The molecule has 1 N–H and O–H groups in total. The maximum atomic E-state index is 10.8. The first-order chi connectivity index (χ1) is 10.6. The van der Waals surface area contributed by atoms with E-state index in [0.29, 0.717) is 13.2 Å². The van der Waals surface area contributed by atoms with Gasteiger partial charge >= 0.3 is 5.97 Å². The summed E-state index contributed by atoms with van der Waals surface area (Å²) in [4.78, 5) is 13.4. The van der Waals surface area contributed by atoms with Crippen LogP contribution in [-0.4, -0.2) is 37.1 Å². The van der Waals surface area contributed by atoms with Crippen LogP contribution in [0, 0.1) is 5.92 Å². The van der Waals surface area contributed by atoms with E-state index in [1.165, 1.54) is 37.4 Å². The van der Waals surface area contributed by atoms with Crippen LogP contribution in [0.1, 0.15) is 30.9 Å². The Balaban J connectivity index is 1.64. The molecule has 1 aromatic rings. The Morgan fingerprint density at radius 2 is 2.27 bits per heavy atom. The number of nitrogens with zero attached hydrogens (tertiary/aromatic N) is 1. The molecule has 120 valence electrons. The molecule has 1 aliphatic carbocycles. The lowest BCUT2D eigenvalue weighted by molar-refractivity contribution is -0.140. The zero-order chi connectivity index (χ0) is 15.5. The minimum absolute atomic E-state index is 0.251. The highest BCUT2D eigenvalue weighted by Crippen LogP contribution is 2.35. The van der Waals surface area contributed by atoms with Gasteiger partial charge in [0.25, 0.3) is 0 Å². The second-order valence-electron chi connectivity index (χ2n) is 6.26. The third-order valence-corrected chi connectivity index (χ3v) is 4.67. The van der Waals surface area contributed by atoms with Crippen molar-refractivity contribution in [2.24, 2.45) is 5.92 Å². The van der Waals surface area contributed by atoms with Gasteiger partial charge in [0.05, 0.1) is 10.7 Å². The van der Waals surface area contributed by atoms with Gasteiger partial charge in [0.15, 0.2) is 0 Å². The molecule has 1 aliphatic heterocycles. The Kier molecular flexibility index (Phi) is 4.89. The number of ether oxygens (including phenoxy) is 1. The first-order valence-corrected chi connectivity index (χ1v) is 8.41. The molecule has 5 heteroatoms. The van der Waals surface area contributed by atoms with Crippen LogP contribution in [0.5, 0.6) is 0 Å². The number of rotatable bonds is 6. The molecule has 2 aliphatic rings. The van der Waals surface area contributed by atoms with Crippen molar-refractivity contribution in [2.75, 3.05) is 31.6 Å². The Morgan fingerprint density at radius 1 is 1.45 bits per heavy atom. The van der Waals surface area contributed by atoms with Crippen molar-refractivity contribution in [3.8, 4) is 0 Å². The summed E-state index contributed by atoms with van der Waals surface area (Å²) in [5, 5.41) is 4.08. The van der Waals surface area contributed by atoms with Crippen molar-refractivity contribution in [1.82, 2.24) is 4.90 Å². The van der Waals surface area contributed by atoms with Gasteiger partial charge in [-0.05, 0) is 42.4 Å². The fraction of sp³-hybridized carbons (Fsp3) is 0.588. The van der Waals surface area contributed by atoms with Crippen LogP contribution in [0.4, 0.5) is 5.69 Å². The summed E-state index contributed by atoms with van der Waals surface area (Å²) in [5.74, 6) is 0.675. The van der Waals surface area contributed by atoms with Crippen LogP contribution in [-0.2, 0) is 22.5 Å². The van der Waals surface area contributed by atoms with Crippen molar-refractivity contribution >= 4 is 23.3 Å². The fourth-order valence-electron chi connectivity index (χ4n) is 3.07. The van der Waals surface area contributed by atoms with E-state index in [1.807, 2.05) is 6.07 Å². The predicted octanol–water partition coefficient (Wildman–Crippen LogP) is 3.08. The Hall–Kier alpha value is -1.26. The maximum Gasteiger partial charge on any atom is 0.302 e. The van der Waals surface area contributed by atoms with Gasteiger partial charge in [-0.1, -0.05) is 17.7 Å². The summed E-state index contributed by atoms with van der Waals surface area (Å²) in [6, 6.07) is 4.11. The van der Waals surface area contributed by atoms with Crippen LogP contribution in [0.2, 0.25) is 5.02 Å². The number of hydrogen-bond acceptors (Lipinski definition) is 4. The van der Waals surface area contributed by atoms with Crippen LogP contribution in [0.25, 0.3) is 0 Å². The highest BCUT2D eigenvalue weighted by Gasteiger charge is 2.27. The molecular formula is C17H23ClN2O2. The molecule has 0 spiro atoms. The van der Waals surface area contributed by atoms with E-state index in [4.69, 9.17) is 16.3 Å². The number of fused-ring (bicyclic) bond motifs is 1. The van der Waals surface area contributed by atoms with Gasteiger partial charge in [-0.2, -0.15) is 0 Å². The molecular weight excluding hydrogens is 300 g/mol. The number of esters is 1. The first kappa shape index (κ1) is 15.6. The number of carbonyl (C=O) groups is 1. The first-order valence-electron chi connectivity index (χ1n) is 8.03. The number of hydrogen-bond donors (Lipinski definition) is 1. The molecule has 0 saturated heterocycles. The molecule has 0 aromatic heterocycles. The van der Waals surface area contributed by atoms with E-state index < -0.39 is 0 Å². The zero-order valence-corrected chi connectivity index (χ0v) is 13.8. The zero-order valence-electron chi connectivity index (χ0n) is 13.0. The SMILES string of the molecule is CC(=O)OCCNc1c(Cl)ccc2c1CCN(CC1CC1)C2. The molecule has 0 unspecified atom stereocenters. The average Bonchev–Trinajstić information content (AvgIpc) is 3.29. The molecule has 0 atom stereocenters. The van der Waals surface area contributed by atoms with Gasteiger partial charge in [-0.15, -0.1) is 0 Å². The highest BCUT2D eigenvalue weighted by molar-refractivity contribution is 6.33. The largest absolute Gasteiger partial charge is 0.464 e. The third kappa shape index (κ3) is 3.93. The van der Waals surface area contributed by atoms with Gasteiger partial charge in [-0.25, -0.2) is 0 Å². The third-order valence-electron chi connectivity index (χ3n) is 4.35. The molecule has 3 rings (SSSR count). The summed E-state index contributed by atoms with van der Waals surface area (Å²) in [6.07, 6.45) is 3.82. The number of benzene rings is 1. The van der Waals surface area contributed by atoms with Crippen molar-refractivity contribution in [1.29, 1.82) is 0 Å². The number of anilines is 1. The molecule has 1 fully saturated rings. The van der Waals surface area contributed by atoms with Crippen molar-refractivity contribution in [2.45, 2.75) is 32.7 Å². The molecule has 0 radical (unpaired) electrons. The quantitative estimate of drug-likeness (QED) is 0.645. The molecule has 1 aromatic carbocycles. The lowest BCUT2D eigenvalue weighted by Crippen LogP contribution is -2.32. The predicted molar refractivity (Wildman–Crippen MR) is 88.3 cm³/mol. The lowest BCUT2D eigenvalue weighted by atomic mass is 9.97. The van der Waals surface area contributed by atoms with E-state index in [-0.39, 0.29) is 5.97 Å². The second-order valence-corrected chi connectivity index (χ2v) is 6.66. The van der Waals surface area contributed by atoms with Gasteiger partial charge in [-0.3, -0.25) is 9.69 Å². The lowest BCUT2D eigenvalue weighted by Gasteiger charge is -2.30. The fourth-order valence-corrected chi connectivity index (χ4v) is 3.31. The summed E-state index contributed by atoms with van der Waals surface area (Å²) < 4.78 is 4.96. The van der Waals surface area contributed by atoms with Gasteiger partial charge < -0.3 is 10.1 Å². The standard InChI is InChI=1S/C17H23ClN2O2/c1-12(21)22-9-7-19-17-15-6-8-20(10-13-2-3-13)11-14(15)4-5-16(17)18/h4-5,13,19H,2-3,6-11H2,1H3. The Labute approximate surface area is 136 Å². The van der Waals surface area contributed by atoms with E-state index >= 15 is 0 Å². The Bertz CT molecular complexity index is 558. The van der Waals surface area contributed by atoms with E-state index in [1.54, 1.807) is 0 Å². The summed E-state index contributed by atoms with van der Waals surface area (Å²) in [5.41, 5.74) is 3.70. The number of nitrogens with one attached hydrogen (secondary N) is 1. The molecule has 0 amide bonds. The van der Waals surface area contributed by atoms with Crippen LogP contribution < -0.4 is 5.32 Å². The average molecular weight is 323 g/mol. The number of halogens is 1. The van der Waals surface area contributed by atoms with Gasteiger partial charge in [0.1, 0.15) is 6.61 Å². The summed E-state index contributed by atoms with van der Waals surface area (Å²) >= 11 is 6.35. The second kappa shape index (κ2) is 6.88. The smallest absolute Gasteiger partial charge is 0.302 e. The minimum atomic E-state index is -0.251. The summed E-state index contributed by atoms with van der Waals surface area (Å²) in [6.45, 7) is 5.72. The minimum Gasteiger partial charge on any atom is -0.464 e. The van der Waals surface area contributed by atoms with Crippen molar-refractivity contribution in [3.05, 3.63) is 28.3 Å². The topological polar surface area (TPSA) is 41.6 Å². The molecule has 0 bridgehead atoms. The molecule has 1 saturated carbocycles. The molecule has 4 nitrogen and oxygen atoms in total. The van der Waals surface area contributed by atoms with Crippen molar-refractivity contribution < 1.29 is 9.53 Å². The van der Waals surface area contributed by atoms with Crippen LogP contribution in [0.15, 0.2) is 12.1 Å². The number of carbonyl (C=O) groups excluding carboxylic acids is 1. The Morgan fingerprint density at radius 3 is 3.00 bits per heavy atom. The molecule has 22 heavy (non-hydrogen) atoms. The van der Waals surface area contributed by atoms with Gasteiger partial charge in [0.2, 0.25) is 0 Å². The normalized spacial score (nSPS) is 17.9. The summed E-state index contributed by atoms with van der Waals surface area (Å²) in [7, 11) is 0. The maximum absolute atomic E-state index is 10.8. The van der Waals surface area contributed by atoms with E-state index in [0.717, 1.165) is 36.1 Å². The van der Waals surface area contributed by atoms with E-state index in [9.17, 15) is 4.79 Å². The monoisotopic (exact) mass is 322 g/mol. The van der Waals surface area contributed by atoms with Crippen LogP contribution >= 0.6 is 11.6 Å². The highest BCUT2D eigenvalue weighted by atomic mass is 35.5.